The molecule has 1 aliphatic heterocycles. The second-order valence-corrected chi connectivity index (χ2v) is 5.72. The van der Waals surface area contributed by atoms with Gasteiger partial charge in [0.05, 0.1) is 16.6 Å². The molecule has 0 radical (unpaired) electrons. The molecule has 1 fully saturated rings. The molecule has 1 heterocycles. The zero-order chi connectivity index (χ0) is 14.0. The molecule has 1 unspecified atom stereocenters. The van der Waals surface area contributed by atoms with Gasteiger partial charge in [0.15, 0.2) is 5.78 Å². The van der Waals surface area contributed by atoms with Crippen LogP contribution in [0.5, 0.6) is 0 Å². The number of hydrogen-bond acceptors (Lipinski definition) is 3. The van der Waals surface area contributed by atoms with Crippen molar-refractivity contribution < 1.29 is 9.59 Å². The summed E-state index contributed by atoms with van der Waals surface area (Å²) in [4.78, 5) is 25.6. The van der Waals surface area contributed by atoms with Gasteiger partial charge >= 0.3 is 0 Å². The Morgan fingerprint density at radius 2 is 2.11 bits per heavy atom. The van der Waals surface area contributed by atoms with Crippen molar-refractivity contribution in [3.63, 3.8) is 0 Å². The van der Waals surface area contributed by atoms with Gasteiger partial charge in [-0.1, -0.05) is 30.1 Å². The van der Waals surface area contributed by atoms with Crippen LogP contribution in [0.4, 0.5) is 0 Å². The average molecular weight is 300 g/mol. The number of carbonyl (C=O) groups is 2. The van der Waals surface area contributed by atoms with Crippen molar-refractivity contribution >= 4 is 34.8 Å². The van der Waals surface area contributed by atoms with Gasteiger partial charge in [0, 0.05) is 31.0 Å². The van der Waals surface area contributed by atoms with Crippen LogP contribution < -0.4 is 0 Å². The maximum atomic E-state index is 12.1. The number of likely N-dealkylation sites (tertiary alicyclic amines) is 1. The Morgan fingerprint density at radius 1 is 1.37 bits per heavy atom. The fourth-order valence-corrected chi connectivity index (χ4v) is 2.50. The van der Waals surface area contributed by atoms with E-state index in [2.05, 4.69) is 0 Å². The Kier molecular flexibility index (Phi) is 4.61. The highest BCUT2D eigenvalue weighted by molar-refractivity contribution is 6.42. The summed E-state index contributed by atoms with van der Waals surface area (Å²) in [5.74, 6) is 0.286. The summed E-state index contributed by atoms with van der Waals surface area (Å²) in [7, 11) is 0. The van der Waals surface area contributed by atoms with Crippen molar-refractivity contribution in [3.05, 3.63) is 33.8 Å². The molecule has 1 aliphatic rings. The Hall–Kier alpha value is -0.900. The van der Waals surface area contributed by atoms with Crippen LogP contribution in [-0.4, -0.2) is 36.1 Å². The van der Waals surface area contributed by atoms with Crippen LogP contribution in [0.2, 0.25) is 10.0 Å². The van der Waals surface area contributed by atoms with E-state index in [0.29, 0.717) is 41.7 Å². The van der Waals surface area contributed by atoms with Gasteiger partial charge < -0.3 is 0 Å². The van der Waals surface area contributed by atoms with Crippen LogP contribution in [-0.2, 0) is 4.79 Å². The molecule has 0 saturated carbocycles. The standard InChI is InChI=1S/C14H15Cl2NO2/c1-9-7-17(5-4-13(9)18)8-14(19)10-2-3-11(15)12(16)6-10/h2-3,6,9H,4-5,7-8H2,1H3. The molecular formula is C14H15Cl2NO2. The Balaban J connectivity index is 2.01. The van der Waals surface area contributed by atoms with E-state index >= 15 is 0 Å². The number of hydrogen-bond donors (Lipinski definition) is 0. The molecule has 0 aromatic heterocycles. The molecule has 3 nitrogen and oxygen atoms in total. The van der Waals surface area contributed by atoms with Crippen molar-refractivity contribution in [3.8, 4) is 0 Å². The molecule has 0 aliphatic carbocycles. The zero-order valence-corrected chi connectivity index (χ0v) is 12.2. The second kappa shape index (κ2) is 6.04. The Bertz CT molecular complexity index is 516. The van der Waals surface area contributed by atoms with Crippen molar-refractivity contribution in [2.75, 3.05) is 19.6 Å². The molecule has 5 heteroatoms. The largest absolute Gasteiger partial charge is 0.299 e. The van der Waals surface area contributed by atoms with E-state index in [9.17, 15) is 9.59 Å². The molecule has 0 spiro atoms. The molecule has 1 atom stereocenters. The van der Waals surface area contributed by atoms with Crippen LogP contribution in [0.1, 0.15) is 23.7 Å². The van der Waals surface area contributed by atoms with Gasteiger partial charge in [-0.15, -0.1) is 0 Å². The van der Waals surface area contributed by atoms with E-state index in [0.717, 1.165) is 0 Å². The lowest BCUT2D eigenvalue weighted by atomic mass is 9.98. The number of carbonyl (C=O) groups excluding carboxylic acids is 2. The van der Waals surface area contributed by atoms with Gasteiger partial charge in [0.2, 0.25) is 0 Å². The van der Waals surface area contributed by atoms with Gasteiger partial charge in [-0.05, 0) is 18.2 Å². The van der Waals surface area contributed by atoms with Crippen LogP contribution in [0, 0.1) is 5.92 Å². The molecule has 0 N–H and O–H groups in total. The Morgan fingerprint density at radius 3 is 2.74 bits per heavy atom. The first kappa shape index (κ1) is 14.5. The lowest BCUT2D eigenvalue weighted by Crippen LogP contribution is -2.42. The lowest BCUT2D eigenvalue weighted by Gasteiger charge is -2.29. The van der Waals surface area contributed by atoms with Gasteiger partial charge in [0.25, 0.3) is 0 Å². The first-order valence-corrected chi connectivity index (χ1v) is 6.96. The molecule has 1 saturated heterocycles. The van der Waals surface area contributed by atoms with Gasteiger partial charge in [-0.3, -0.25) is 14.5 Å². The maximum absolute atomic E-state index is 12.1. The first-order chi connectivity index (χ1) is 8.97. The number of Topliss-reactive ketones (excluding diaryl/α,β-unsaturated/α-hetero) is 2. The van der Waals surface area contributed by atoms with Crippen molar-refractivity contribution in [2.45, 2.75) is 13.3 Å². The first-order valence-electron chi connectivity index (χ1n) is 6.20. The third-order valence-electron chi connectivity index (χ3n) is 3.36. The summed E-state index contributed by atoms with van der Waals surface area (Å²) >= 11 is 11.7. The van der Waals surface area contributed by atoms with E-state index in [1.165, 1.54) is 0 Å². The minimum atomic E-state index is 0.000107. The van der Waals surface area contributed by atoms with E-state index < -0.39 is 0 Å². The lowest BCUT2D eigenvalue weighted by molar-refractivity contribution is -0.125. The minimum Gasteiger partial charge on any atom is -0.299 e. The Labute approximate surface area is 122 Å². The van der Waals surface area contributed by atoms with Crippen LogP contribution in [0.15, 0.2) is 18.2 Å². The molecule has 1 aromatic carbocycles. The number of ketones is 2. The average Bonchev–Trinajstić information content (AvgIpc) is 2.37. The smallest absolute Gasteiger partial charge is 0.176 e. The third kappa shape index (κ3) is 3.56. The van der Waals surface area contributed by atoms with Crippen molar-refractivity contribution in [1.29, 1.82) is 0 Å². The van der Waals surface area contributed by atoms with Gasteiger partial charge in [0.1, 0.15) is 5.78 Å². The fourth-order valence-electron chi connectivity index (χ4n) is 2.20. The summed E-state index contributed by atoms with van der Waals surface area (Å²) in [6.45, 7) is 3.51. The SMILES string of the molecule is CC1CN(CC(=O)c2ccc(Cl)c(Cl)c2)CCC1=O. The van der Waals surface area contributed by atoms with Gasteiger partial charge in [-0.2, -0.15) is 0 Å². The molecule has 2 rings (SSSR count). The van der Waals surface area contributed by atoms with E-state index in [-0.39, 0.29) is 17.5 Å². The van der Waals surface area contributed by atoms with E-state index in [1.807, 2.05) is 11.8 Å². The normalized spacial score (nSPS) is 20.6. The molecular weight excluding hydrogens is 285 g/mol. The second-order valence-electron chi connectivity index (χ2n) is 4.90. The maximum Gasteiger partial charge on any atom is 0.176 e. The zero-order valence-electron chi connectivity index (χ0n) is 10.7. The quantitative estimate of drug-likeness (QED) is 0.805. The number of piperidine rings is 1. The van der Waals surface area contributed by atoms with Crippen LogP contribution in [0.3, 0.4) is 0 Å². The van der Waals surface area contributed by atoms with Crippen molar-refractivity contribution in [1.82, 2.24) is 4.90 Å². The molecule has 19 heavy (non-hydrogen) atoms. The highest BCUT2D eigenvalue weighted by Crippen LogP contribution is 2.23. The topological polar surface area (TPSA) is 37.4 Å². The van der Waals surface area contributed by atoms with Gasteiger partial charge in [-0.25, -0.2) is 0 Å². The summed E-state index contributed by atoms with van der Waals surface area (Å²) in [5, 5.41) is 0.824. The predicted molar refractivity (Wildman–Crippen MR) is 76.0 cm³/mol. The van der Waals surface area contributed by atoms with Crippen LogP contribution in [0.25, 0.3) is 0 Å². The number of nitrogens with zero attached hydrogens (tertiary/aromatic N) is 1. The van der Waals surface area contributed by atoms with Crippen molar-refractivity contribution in [2.24, 2.45) is 5.92 Å². The monoisotopic (exact) mass is 299 g/mol. The van der Waals surface area contributed by atoms with Crippen LogP contribution >= 0.6 is 23.2 Å². The fraction of sp³-hybridized carbons (Fsp3) is 0.429. The molecule has 102 valence electrons. The van der Waals surface area contributed by atoms with E-state index in [4.69, 9.17) is 23.2 Å². The molecule has 0 amide bonds. The highest BCUT2D eigenvalue weighted by atomic mass is 35.5. The third-order valence-corrected chi connectivity index (χ3v) is 4.10. The summed E-state index contributed by atoms with van der Waals surface area (Å²) < 4.78 is 0. The number of halogens is 2. The summed E-state index contributed by atoms with van der Waals surface area (Å²) in [6.07, 6.45) is 0.524. The minimum absolute atomic E-state index is 0.000107. The van der Waals surface area contributed by atoms with E-state index in [1.54, 1.807) is 18.2 Å². The number of rotatable bonds is 3. The predicted octanol–water partition coefficient (Wildman–Crippen LogP) is 3.09. The highest BCUT2D eigenvalue weighted by Gasteiger charge is 2.25. The molecule has 0 bridgehead atoms. The molecule has 1 aromatic rings. The summed E-state index contributed by atoms with van der Waals surface area (Å²) in [6, 6.07) is 4.89. The number of benzene rings is 1. The summed E-state index contributed by atoms with van der Waals surface area (Å²) in [5.41, 5.74) is 0.555.